The Hall–Kier alpha value is -1.50. The number of nitrogens with one attached hydrogen (secondary N) is 1. The first kappa shape index (κ1) is 14.6. The Kier molecular flexibility index (Phi) is 6.27. The van der Waals surface area contributed by atoms with Crippen LogP contribution in [0.25, 0.3) is 0 Å². The van der Waals surface area contributed by atoms with Gasteiger partial charge in [-0.3, -0.25) is 0 Å². The zero-order valence-corrected chi connectivity index (χ0v) is 11.0. The SMILES string of the molecule is C#CCOc1ccccc1CN[C@H](CO)C(C)C. The average Bonchev–Trinajstić information content (AvgIpc) is 2.38. The molecule has 18 heavy (non-hydrogen) atoms. The third-order valence-electron chi connectivity index (χ3n) is 2.84. The largest absolute Gasteiger partial charge is 0.481 e. The Morgan fingerprint density at radius 3 is 2.72 bits per heavy atom. The maximum Gasteiger partial charge on any atom is 0.148 e. The van der Waals surface area contributed by atoms with Crippen molar-refractivity contribution in [1.82, 2.24) is 5.32 Å². The highest BCUT2D eigenvalue weighted by Gasteiger charge is 2.12. The fourth-order valence-corrected chi connectivity index (χ4v) is 1.66. The molecule has 0 aliphatic heterocycles. The number of terminal acetylenes is 1. The summed E-state index contributed by atoms with van der Waals surface area (Å²) in [4.78, 5) is 0. The molecule has 1 aromatic carbocycles. The van der Waals surface area contributed by atoms with Gasteiger partial charge in [-0.05, 0) is 12.0 Å². The van der Waals surface area contributed by atoms with Gasteiger partial charge in [0.05, 0.1) is 6.61 Å². The fourth-order valence-electron chi connectivity index (χ4n) is 1.66. The number of aliphatic hydroxyl groups excluding tert-OH is 1. The van der Waals surface area contributed by atoms with Crippen molar-refractivity contribution >= 4 is 0 Å². The van der Waals surface area contributed by atoms with Crippen LogP contribution in [0.2, 0.25) is 0 Å². The molecule has 1 rings (SSSR count). The minimum absolute atomic E-state index is 0.0886. The molecule has 2 N–H and O–H groups in total. The molecule has 1 aromatic rings. The summed E-state index contributed by atoms with van der Waals surface area (Å²) in [6.45, 7) is 5.21. The maximum absolute atomic E-state index is 9.26. The summed E-state index contributed by atoms with van der Waals surface area (Å²) in [5.74, 6) is 3.63. The van der Waals surface area contributed by atoms with Gasteiger partial charge in [-0.1, -0.05) is 38.0 Å². The van der Waals surface area contributed by atoms with Crippen LogP contribution in [0.5, 0.6) is 5.75 Å². The van der Waals surface area contributed by atoms with E-state index in [0.717, 1.165) is 11.3 Å². The van der Waals surface area contributed by atoms with Crippen LogP contribution in [-0.2, 0) is 6.54 Å². The molecule has 98 valence electrons. The average molecular weight is 247 g/mol. The first-order chi connectivity index (χ1) is 8.69. The van der Waals surface area contributed by atoms with Crippen LogP contribution >= 0.6 is 0 Å². The lowest BCUT2D eigenvalue weighted by Gasteiger charge is -2.20. The van der Waals surface area contributed by atoms with E-state index in [1.807, 2.05) is 24.3 Å². The van der Waals surface area contributed by atoms with Crippen molar-refractivity contribution in [2.45, 2.75) is 26.4 Å². The van der Waals surface area contributed by atoms with Gasteiger partial charge in [0.15, 0.2) is 0 Å². The lowest BCUT2D eigenvalue weighted by Crippen LogP contribution is -2.36. The summed E-state index contributed by atoms with van der Waals surface area (Å²) in [7, 11) is 0. The molecule has 0 bridgehead atoms. The Balaban J connectivity index is 2.63. The Morgan fingerprint density at radius 2 is 2.11 bits per heavy atom. The second-order valence-electron chi connectivity index (χ2n) is 4.51. The third-order valence-corrected chi connectivity index (χ3v) is 2.84. The van der Waals surface area contributed by atoms with E-state index in [2.05, 4.69) is 25.1 Å². The number of rotatable bonds is 7. The van der Waals surface area contributed by atoms with E-state index >= 15 is 0 Å². The van der Waals surface area contributed by atoms with Gasteiger partial charge in [0.1, 0.15) is 12.4 Å². The number of aliphatic hydroxyl groups is 1. The highest BCUT2D eigenvalue weighted by molar-refractivity contribution is 5.33. The van der Waals surface area contributed by atoms with Gasteiger partial charge in [-0.25, -0.2) is 0 Å². The van der Waals surface area contributed by atoms with E-state index in [1.54, 1.807) is 0 Å². The van der Waals surface area contributed by atoms with Crippen LogP contribution in [0.1, 0.15) is 19.4 Å². The van der Waals surface area contributed by atoms with Crippen molar-refractivity contribution in [2.24, 2.45) is 5.92 Å². The fraction of sp³-hybridized carbons (Fsp3) is 0.467. The zero-order chi connectivity index (χ0) is 13.4. The highest BCUT2D eigenvalue weighted by atomic mass is 16.5. The third kappa shape index (κ3) is 4.40. The van der Waals surface area contributed by atoms with E-state index in [0.29, 0.717) is 12.5 Å². The monoisotopic (exact) mass is 247 g/mol. The topological polar surface area (TPSA) is 41.5 Å². The molecule has 0 fully saturated rings. The molecular formula is C15H21NO2. The van der Waals surface area contributed by atoms with E-state index < -0.39 is 0 Å². The molecule has 0 amide bonds. The predicted molar refractivity (Wildman–Crippen MR) is 73.3 cm³/mol. The summed E-state index contributed by atoms with van der Waals surface area (Å²) >= 11 is 0. The summed E-state index contributed by atoms with van der Waals surface area (Å²) in [6, 6.07) is 7.86. The van der Waals surface area contributed by atoms with Crippen molar-refractivity contribution in [2.75, 3.05) is 13.2 Å². The second kappa shape index (κ2) is 7.75. The Bertz CT molecular complexity index is 396. The van der Waals surface area contributed by atoms with Crippen molar-refractivity contribution in [1.29, 1.82) is 0 Å². The van der Waals surface area contributed by atoms with Crippen molar-refractivity contribution < 1.29 is 9.84 Å². The van der Waals surface area contributed by atoms with Crippen LogP contribution in [0.15, 0.2) is 24.3 Å². The van der Waals surface area contributed by atoms with E-state index in [9.17, 15) is 5.11 Å². The van der Waals surface area contributed by atoms with Crippen LogP contribution < -0.4 is 10.1 Å². The van der Waals surface area contributed by atoms with Crippen LogP contribution in [0, 0.1) is 18.3 Å². The summed E-state index contributed by atoms with van der Waals surface area (Å²) in [5, 5.41) is 12.6. The molecule has 0 saturated carbocycles. The molecule has 0 heterocycles. The molecule has 0 aromatic heterocycles. The van der Waals surface area contributed by atoms with E-state index in [4.69, 9.17) is 11.2 Å². The molecule has 0 aliphatic carbocycles. The molecule has 0 radical (unpaired) electrons. The molecule has 0 saturated heterocycles. The molecule has 3 nitrogen and oxygen atoms in total. The summed E-state index contributed by atoms with van der Waals surface area (Å²) < 4.78 is 5.47. The van der Waals surface area contributed by atoms with Crippen molar-refractivity contribution in [3.63, 3.8) is 0 Å². The molecule has 0 spiro atoms. The number of hydrogen-bond acceptors (Lipinski definition) is 3. The van der Waals surface area contributed by atoms with E-state index in [1.165, 1.54) is 0 Å². The van der Waals surface area contributed by atoms with Crippen LogP contribution in [0.4, 0.5) is 0 Å². The lowest BCUT2D eigenvalue weighted by atomic mass is 10.0. The van der Waals surface area contributed by atoms with Crippen LogP contribution in [0.3, 0.4) is 0 Å². The molecular weight excluding hydrogens is 226 g/mol. The normalized spacial score (nSPS) is 12.2. The minimum Gasteiger partial charge on any atom is -0.481 e. The van der Waals surface area contributed by atoms with Gasteiger partial charge in [-0.2, -0.15) is 0 Å². The number of ether oxygens (including phenoxy) is 1. The molecule has 0 aliphatic rings. The first-order valence-corrected chi connectivity index (χ1v) is 6.17. The molecule has 0 unspecified atom stereocenters. The van der Waals surface area contributed by atoms with Gasteiger partial charge in [0.2, 0.25) is 0 Å². The van der Waals surface area contributed by atoms with Crippen molar-refractivity contribution in [3.05, 3.63) is 29.8 Å². The number of para-hydroxylation sites is 1. The standard InChI is InChI=1S/C15H21NO2/c1-4-9-18-15-8-6-5-7-13(15)10-16-14(11-17)12(2)3/h1,5-8,12,14,16-17H,9-11H2,2-3H3/t14-/m1/s1. The minimum atomic E-state index is 0.0886. The predicted octanol–water partition coefficient (Wildman–Crippen LogP) is 1.81. The Morgan fingerprint density at radius 1 is 1.39 bits per heavy atom. The van der Waals surface area contributed by atoms with Gasteiger partial charge >= 0.3 is 0 Å². The molecule has 3 heteroatoms. The summed E-state index contributed by atoms with van der Waals surface area (Å²) in [6.07, 6.45) is 5.19. The zero-order valence-electron chi connectivity index (χ0n) is 11.0. The van der Waals surface area contributed by atoms with Crippen molar-refractivity contribution in [3.8, 4) is 18.1 Å². The van der Waals surface area contributed by atoms with Gasteiger partial charge in [0, 0.05) is 18.2 Å². The maximum atomic E-state index is 9.26. The van der Waals surface area contributed by atoms with Crippen LogP contribution in [-0.4, -0.2) is 24.4 Å². The van der Waals surface area contributed by atoms with Gasteiger partial charge in [0.25, 0.3) is 0 Å². The Labute approximate surface area is 109 Å². The number of benzene rings is 1. The molecule has 1 atom stereocenters. The van der Waals surface area contributed by atoms with E-state index in [-0.39, 0.29) is 19.3 Å². The van der Waals surface area contributed by atoms with Gasteiger partial charge < -0.3 is 15.2 Å². The lowest BCUT2D eigenvalue weighted by molar-refractivity contribution is 0.209. The smallest absolute Gasteiger partial charge is 0.148 e. The first-order valence-electron chi connectivity index (χ1n) is 6.17. The number of hydrogen-bond donors (Lipinski definition) is 2. The quantitative estimate of drug-likeness (QED) is 0.722. The van der Waals surface area contributed by atoms with Gasteiger partial charge in [-0.15, -0.1) is 6.42 Å². The highest BCUT2D eigenvalue weighted by Crippen LogP contribution is 2.18. The second-order valence-corrected chi connectivity index (χ2v) is 4.51. The summed E-state index contributed by atoms with van der Waals surface area (Å²) in [5.41, 5.74) is 1.05.